The van der Waals surface area contributed by atoms with Crippen LogP contribution in [0, 0.1) is 6.92 Å². The number of aryl methyl sites for hydroxylation is 2. The first kappa shape index (κ1) is 21.2. The summed E-state index contributed by atoms with van der Waals surface area (Å²) in [5.41, 5.74) is 5.64. The maximum Gasteiger partial charge on any atom is 0.255 e. The molecule has 0 saturated carbocycles. The molecule has 1 fully saturated rings. The summed E-state index contributed by atoms with van der Waals surface area (Å²) >= 11 is 1.62. The van der Waals surface area contributed by atoms with Crippen LogP contribution >= 0.6 is 11.8 Å². The van der Waals surface area contributed by atoms with Crippen molar-refractivity contribution < 1.29 is 9.59 Å². The molecule has 31 heavy (non-hydrogen) atoms. The molecule has 0 bridgehead atoms. The van der Waals surface area contributed by atoms with Gasteiger partial charge in [0.1, 0.15) is 5.37 Å². The zero-order valence-electron chi connectivity index (χ0n) is 17.8. The molecule has 0 spiro atoms. The van der Waals surface area contributed by atoms with E-state index in [1.165, 1.54) is 5.56 Å². The molecule has 3 aromatic carbocycles. The highest BCUT2D eigenvalue weighted by molar-refractivity contribution is 8.00. The maximum atomic E-state index is 12.8. The molecule has 1 aliphatic heterocycles. The van der Waals surface area contributed by atoms with Gasteiger partial charge in [-0.3, -0.25) is 14.5 Å². The van der Waals surface area contributed by atoms with E-state index in [1.54, 1.807) is 11.8 Å². The van der Waals surface area contributed by atoms with Crippen LogP contribution in [0.1, 0.15) is 45.8 Å². The van der Waals surface area contributed by atoms with E-state index in [2.05, 4.69) is 18.3 Å². The van der Waals surface area contributed by atoms with Crippen LogP contribution in [-0.2, 0) is 11.2 Å². The third-order valence-electron chi connectivity index (χ3n) is 5.38. The average Bonchev–Trinajstić information content (AvgIpc) is 3.16. The van der Waals surface area contributed by atoms with Gasteiger partial charge >= 0.3 is 0 Å². The molecule has 0 aliphatic carbocycles. The van der Waals surface area contributed by atoms with Crippen molar-refractivity contribution in [1.82, 2.24) is 0 Å². The van der Waals surface area contributed by atoms with Gasteiger partial charge in [-0.1, -0.05) is 61.4 Å². The van der Waals surface area contributed by atoms with Crippen LogP contribution in [0.2, 0.25) is 0 Å². The molecule has 1 N–H and O–H groups in total. The van der Waals surface area contributed by atoms with Crippen molar-refractivity contribution in [2.45, 2.75) is 32.1 Å². The van der Waals surface area contributed by atoms with E-state index in [9.17, 15) is 9.59 Å². The van der Waals surface area contributed by atoms with Gasteiger partial charge < -0.3 is 5.32 Å². The Kier molecular flexibility index (Phi) is 6.42. The molecule has 1 saturated heterocycles. The minimum Gasteiger partial charge on any atom is -0.322 e. The summed E-state index contributed by atoms with van der Waals surface area (Å²) in [4.78, 5) is 27.4. The summed E-state index contributed by atoms with van der Waals surface area (Å²) < 4.78 is 0. The Morgan fingerprint density at radius 3 is 2.61 bits per heavy atom. The van der Waals surface area contributed by atoms with Crippen molar-refractivity contribution in [2.24, 2.45) is 0 Å². The van der Waals surface area contributed by atoms with Crippen LogP contribution in [0.15, 0.2) is 72.8 Å². The smallest absolute Gasteiger partial charge is 0.255 e. The number of hydrogen-bond donors (Lipinski definition) is 1. The minimum absolute atomic E-state index is 0.110. The molecule has 158 valence electrons. The van der Waals surface area contributed by atoms with Gasteiger partial charge in [-0.2, -0.15) is 0 Å². The Morgan fingerprint density at radius 2 is 1.84 bits per heavy atom. The van der Waals surface area contributed by atoms with Gasteiger partial charge in [-0.05, 0) is 54.8 Å². The number of hydrogen-bond acceptors (Lipinski definition) is 3. The Hall–Kier alpha value is -3.05. The Balaban J connectivity index is 1.60. The predicted molar refractivity (Wildman–Crippen MR) is 129 cm³/mol. The largest absolute Gasteiger partial charge is 0.322 e. The number of nitrogens with one attached hydrogen (secondary N) is 1. The van der Waals surface area contributed by atoms with Gasteiger partial charge in [0.05, 0.1) is 5.75 Å². The molecule has 0 unspecified atom stereocenters. The molecule has 1 heterocycles. The fraction of sp³-hybridized carbons (Fsp3) is 0.231. The van der Waals surface area contributed by atoms with Crippen LogP contribution in [-0.4, -0.2) is 17.6 Å². The van der Waals surface area contributed by atoms with E-state index in [0.29, 0.717) is 11.3 Å². The fourth-order valence-electron chi connectivity index (χ4n) is 3.84. The lowest BCUT2D eigenvalue weighted by molar-refractivity contribution is -0.115. The lowest BCUT2D eigenvalue weighted by Crippen LogP contribution is -2.28. The lowest BCUT2D eigenvalue weighted by atomic mass is 10.1. The highest BCUT2D eigenvalue weighted by Gasteiger charge is 2.35. The number of anilines is 2. The summed E-state index contributed by atoms with van der Waals surface area (Å²) in [6, 6.07) is 23.5. The molecule has 2 amide bonds. The molecular weight excluding hydrogens is 404 g/mol. The lowest BCUT2D eigenvalue weighted by Gasteiger charge is -2.27. The van der Waals surface area contributed by atoms with E-state index >= 15 is 0 Å². The van der Waals surface area contributed by atoms with Crippen molar-refractivity contribution in [2.75, 3.05) is 16.0 Å². The van der Waals surface area contributed by atoms with E-state index < -0.39 is 0 Å². The average molecular weight is 431 g/mol. The van der Waals surface area contributed by atoms with Crippen molar-refractivity contribution in [3.05, 3.63) is 95.1 Å². The molecule has 3 aromatic rings. The van der Waals surface area contributed by atoms with Crippen molar-refractivity contribution in [3.8, 4) is 0 Å². The molecule has 1 aliphatic rings. The van der Waals surface area contributed by atoms with Crippen LogP contribution in [0.3, 0.4) is 0 Å². The van der Waals surface area contributed by atoms with E-state index in [1.807, 2.05) is 78.6 Å². The number of carbonyl (C=O) groups is 2. The molecular formula is C26H26N2O2S. The molecule has 5 heteroatoms. The van der Waals surface area contributed by atoms with E-state index in [0.717, 1.165) is 35.3 Å². The maximum absolute atomic E-state index is 12.8. The standard InChI is InChI=1S/C26H26N2O2S/c1-3-7-19-8-4-5-11-23(19)28-24(29)17-31-26(28)21-9-6-10-22(16-21)27-25(30)20-14-12-18(2)13-15-20/h4-6,8-16,26H,3,7,17H2,1-2H3,(H,27,30)/t26-/m1/s1. The molecule has 1 atom stereocenters. The van der Waals surface area contributed by atoms with Gasteiger partial charge in [0, 0.05) is 16.9 Å². The SMILES string of the molecule is CCCc1ccccc1N1C(=O)CS[C@@H]1c1cccc(NC(=O)c2ccc(C)cc2)c1. The first-order valence-electron chi connectivity index (χ1n) is 10.6. The number of rotatable bonds is 6. The van der Waals surface area contributed by atoms with Crippen molar-refractivity contribution >= 4 is 35.0 Å². The zero-order chi connectivity index (χ0) is 21.8. The van der Waals surface area contributed by atoms with Crippen molar-refractivity contribution in [1.29, 1.82) is 0 Å². The second-order valence-electron chi connectivity index (χ2n) is 7.75. The Labute approximate surface area is 187 Å². The summed E-state index contributed by atoms with van der Waals surface area (Å²) in [5.74, 6) is 0.426. The predicted octanol–water partition coefficient (Wildman–Crippen LogP) is 5.98. The Morgan fingerprint density at radius 1 is 1.06 bits per heavy atom. The summed E-state index contributed by atoms with van der Waals surface area (Å²) in [6.07, 6.45) is 1.96. The third kappa shape index (κ3) is 4.67. The first-order chi connectivity index (χ1) is 15.1. The number of amides is 2. The van der Waals surface area contributed by atoms with Gasteiger partial charge in [-0.15, -0.1) is 11.8 Å². The topological polar surface area (TPSA) is 49.4 Å². The van der Waals surface area contributed by atoms with Crippen molar-refractivity contribution in [3.63, 3.8) is 0 Å². The Bertz CT molecular complexity index is 1090. The fourth-order valence-corrected chi connectivity index (χ4v) is 4.99. The van der Waals surface area contributed by atoms with Crippen LogP contribution < -0.4 is 10.2 Å². The van der Waals surface area contributed by atoms with Gasteiger partial charge in [0.2, 0.25) is 5.91 Å². The van der Waals surface area contributed by atoms with E-state index in [-0.39, 0.29) is 17.2 Å². The minimum atomic E-state index is -0.141. The van der Waals surface area contributed by atoms with Crippen LogP contribution in [0.4, 0.5) is 11.4 Å². The van der Waals surface area contributed by atoms with Gasteiger partial charge in [-0.25, -0.2) is 0 Å². The number of nitrogens with zero attached hydrogens (tertiary/aromatic N) is 1. The molecule has 0 radical (unpaired) electrons. The number of benzene rings is 3. The highest BCUT2D eigenvalue weighted by Crippen LogP contribution is 2.43. The van der Waals surface area contributed by atoms with Gasteiger partial charge in [0.15, 0.2) is 0 Å². The molecule has 4 nitrogen and oxygen atoms in total. The second-order valence-corrected chi connectivity index (χ2v) is 8.82. The normalized spacial score (nSPS) is 15.9. The monoisotopic (exact) mass is 430 g/mol. The van der Waals surface area contributed by atoms with E-state index in [4.69, 9.17) is 0 Å². The number of thioether (sulfide) groups is 1. The van der Waals surface area contributed by atoms with Crippen LogP contribution in [0.5, 0.6) is 0 Å². The molecule has 4 rings (SSSR count). The molecule has 0 aromatic heterocycles. The first-order valence-corrected chi connectivity index (χ1v) is 11.6. The quantitative estimate of drug-likeness (QED) is 0.523. The third-order valence-corrected chi connectivity index (χ3v) is 6.59. The summed E-state index contributed by atoms with van der Waals surface area (Å²) in [5, 5.41) is 2.88. The van der Waals surface area contributed by atoms with Gasteiger partial charge in [0.25, 0.3) is 5.91 Å². The number of carbonyl (C=O) groups excluding carboxylic acids is 2. The van der Waals surface area contributed by atoms with Crippen LogP contribution in [0.25, 0.3) is 0 Å². The summed E-state index contributed by atoms with van der Waals surface area (Å²) in [7, 11) is 0. The summed E-state index contributed by atoms with van der Waals surface area (Å²) in [6.45, 7) is 4.14. The number of para-hydroxylation sites is 1. The second kappa shape index (κ2) is 9.40. The zero-order valence-corrected chi connectivity index (χ0v) is 18.6. The highest BCUT2D eigenvalue weighted by atomic mass is 32.2.